The van der Waals surface area contributed by atoms with Gasteiger partial charge in [0.2, 0.25) is 6.41 Å². The van der Waals surface area contributed by atoms with Crippen molar-refractivity contribution in [2.75, 3.05) is 25.2 Å². The van der Waals surface area contributed by atoms with E-state index < -0.39 is 0 Å². The fourth-order valence-corrected chi connectivity index (χ4v) is 3.65. The van der Waals surface area contributed by atoms with E-state index >= 15 is 0 Å². The smallest absolute Gasteiger partial charge is 0.215 e. The lowest BCUT2D eigenvalue weighted by molar-refractivity contribution is -0.107. The first-order valence-corrected chi connectivity index (χ1v) is 10.9. The van der Waals surface area contributed by atoms with Crippen LogP contribution in [-0.2, 0) is 17.8 Å². The molecule has 0 aliphatic rings. The molecule has 0 N–H and O–H groups in total. The molecule has 0 atom stereocenters. The molecule has 0 radical (unpaired) electrons. The van der Waals surface area contributed by atoms with Crippen LogP contribution in [0.1, 0.15) is 18.2 Å². The summed E-state index contributed by atoms with van der Waals surface area (Å²) in [5.41, 5.74) is 2.49. The Balaban J connectivity index is 1.54. The Labute approximate surface area is 193 Å². The highest BCUT2D eigenvalue weighted by molar-refractivity contribution is 5.77. The highest BCUT2D eigenvalue weighted by Crippen LogP contribution is 2.29. The first-order chi connectivity index (χ1) is 16.2. The van der Waals surface area contributed by atoms with Crippen molar-refractivity contribution < 1.29 is 19.0 Å². The summed E-state index contributed by atoms with van der Waals surface area (Å²) in [7, 11) is 1.63. The molecule has 0 fully saturated rings. The van der Waals surface area contributed by atoms with Gasteiger partial charge in [0.05, 0.1) is 19.3 Å². The molecule has 0 saturated heterocycles. The van der Waals surface area contributed by atoms with E-state index in [1.165, 1.54) is 0 Å². The maximum atomic E-state index is 12.1. The zero-order chi connectivity index (χ0) is 23.0. The van der Waals surface area contributed by atoms with Crippen LogP contribution >= 0.6 is 0 Å². The van der Waals surface area contributed by atoms with Gasteiger partial charge in [-0.3, -0.25) is 14.1 Å². The number of hydrogen-bond acceptors (Lipinski definition) is 5. The molecule has 0 bridgehead atoms. The molecule has 4 aromatic rings. The van der Waals surface area contributed by atoms with Crippen molar-refractivity contribution >= 4 is 17.9 Å². The Morgan fingerprint density at radius 2 is 1.70 bits per heavy atom. The first kappa shape index (κ1) is 22.2. The van der Waals surface area contributed by atoms with Crippen LogP contribution in [0.3, 0.4) is 0 Å². The zero-order valence-corrected chi connectivity index (χ0v) is 18.8. The predicted molar refractivity (Wildman–Crippen MR) is 127 cm³/mol. The SMILES string of the molecule is CCc1nc2c(OCCOc3ccccc3)cccn2c1N(C=O)Cc1ccc(OC)cc1. The minimum Gasteiger partial charge on any atom is -0.497 e. The Bertz CT molecular complexity index is 1190. The second kappa shape index (κ2) is 10.5. The number of para-hydroxylation sites is 1. The summed E-state index contributed by atoms with van der Waals surface area (Å²) in [6.07, 6.45) is 3.42. The lowest BCUT2D eigenvalue weighted by Gasteiger charge is -2.19. The van der Waals surface area contributed by atoms with Crippen molar-refractivity contribution in [2.24, 2.45) is 0 Å². The normalized spacial score (nSPS) is 10.7. The monoisotopic (exact) mass is 445 g/mol. The third kappa shape index (κ3) is 5.09. The molecular formula is C26H27N3O4. The van der Waals surface area contributed by atoms with Gasteiger partial charge in [-0.2, -0.15) is 0 Å². The molecule has 2 aromatic heterocycles. The quantitative estimate of drug-likeness (QED) is 0.251. The maximum Gasteiger partial charge on any atom is 0.215 e. The number of fused-ring (bicyclic) bond motifs is 1. The summed E-state index contributed by atoms with van der Waals surface area (Å²) < 4.78 is 18.8. The van der Waals surface area contributed by atoms with Gasteiger partial charge in [0.1, 0.15) is 30.5 Å². The molecule has 0 saturated carbocycles. The number of aromatic nitrogens is 2. The topological polar surface area (TPSA) is 65.3 Å². The van der Waals surface area contributed by atoms with Gasteiger partial charge in [0.25, 0.3) is 0 Å². The molecule has 0 aliphatic heterocycles. The van der Waals surface area contributed by atoms with Crippen molar-refractivity contribution in [3.63, 3.8) is 0 Å². The molecular weight excluding hydrogens is 418 g/mol. The van der Waals surface area contributed by atoms with Crippen molar-refractivity contribution in [2.45, 2.75) is 19.9 Å². The number of amides is 1. The summed E-state index contributed by atoms with van der Waals surface area (Å²) in [6.45, 7) is 3.23. The number of carbonyl (C=O) groups is 1. The number of ether oxygens (including phenoxy) is 3. The van der Waals surface area contributed by atoms with Gasteiger partial charge >= 0.3 is 0 Å². The lowest BCUT2D eigenvalue weighted by Crippen LogP contribution is -2.23. The molecule has 0 spiro atoms. The van der Waals surface area contributed by atoms with E-state index in [4.69, 9.17) is 19.2 Å². The second-order valence-corrected chi connectivity index (χ2v) is 7.39. The van der Waals surface area contributed by atoms with Gasteiger partial charge in [-0.1, -0.05) is 37.3 Å². The molecule has 7 nitrogen and oxygen atoms in total. The Morgan fingerprint density at radius 3 is 2.39 bits per heavy atom. The molecule has 170 valence electrons. The summed E-state index contributed by atoms with van der Waals surface area (Å²) in [4.78, 5) is 18.5. The summed E-state index contributed by atoms with van der Waals surface area (Å²) in [5, 5.41) is 0. The number of rotatable bonds is 11. The number of nitrogens with zero attached hydrogens (tertiary/aromatic N) is 3. The Kier molecular flexibility index (Phi) is 7.09. The van der Waals surface area contributed by atoms with Crippen LogP contribution in [0.5, 0.6) is 17.2 Å². The maximum absolute atomic E-state index is 12.1. The Morgan fingerprint density at radius 1 is 0.939 bits per heavy atom. The molecule has 1 amide bonds. The standard InChI is InChI=1S/C26H27N3O4/c1-3-23-26(28(19-30)18-20-11-13-21(31-2)14-12-20)29-15-7-10-24(25(29)27-23)33-17-16-32-22-8-5-4-6-9-22/h4-15,19H,3,16-18H2,1-2H3. The predicted octanol–water partition coefficient (Wildman–Crippen LogP) is 4.53. The van der Waals surface area contributed by atoms with E-state index in [9.17, 15) is 4.79 Å². The van der Waals surface area contributed by atoms with E-state index in [0.717, 1.165) is 35.0 Å². The van der Waals surface area contributed by atoms with Crippen molar-refractivity contribution in [3.05, 3.63) is 84.2 Å². The molecule has 4 rings (SSSR count). The number of imidazole rings is 1. The number of hydrogen-bond donors (Lipinski definition) is 0. The van der Waals surface area contributed by atoms with Crippen LogP contribution in [0.15, 0.2) is 72.9 Å². The Hall–Kier alpha value is -4.00. The van der Waals surface area contributed by atoms with Crippen molar-refractivity contribution in [1.29, 1.82) is 0 Å². The van der Waals surface area contributed by atoms with Crippen LogP contribution in [0.25, 0.3) is 5.65 Å². The van der Waals surface area contributed by atoms with E-state index in [0.29, 0.717) is 37.6 Å². The summed E-state index contributed by atoms with van der Waals surface area (Å²) in [6, 6.07) is 21.1. The van der Waals surface area contributed by atoms with Crippen molar-refractivity contribution in [3.8, 4) is 17.2 Å². The van der Waals surface area contributed by atoms with Gasteiger partial charge in [0.15, 0.2) is 11.4 Å². The minimum absolute atomic E-state index is 0.376. The number of anilines is 1. The lowest BCUT2D eigenvalue weighted by atomic mass is 10.2. The molecule has 33 heavy (non-hydrogen) atoms. The third-order valence-corrected chi connectivity index (χ3v) is 5.26. The van der Waals surface area contributed by atoms with Gasteiger partial charge in [-0.15, -0.1) is 0 Å². The first-order valence-electron chi connectivity index (χ1n) is 10.9. The van der Waals surface area contributed by atoms with Crippen LogP contribution in [0, 0.1) is 0 Å². The largest absolute Gasteiger partial charge is 0.497 e. The van der Waals surface area contributed by atoms with Gasteiger partial charge in [0, 0.05) is 6.20 Å². The average Bonchev–Trinajstić information content (AvgIpc) is 3.25. The molecule has 7 heteroatoms. The van der Waals surface area contributed by atoms with E-state index in [1.807, 2.05) is 84.3 Å². The molecule has 0 aliphatic carbocycles. The van der Waals surface area contributed by atoms with Gasteiger partial charge < -0.3 is 14.2 Å². The molecule has 0 unspecified atom stereocenters. The van der Waals surface area contributed by atoms with Crippen LogP contribution in [0.4, 0.5) is 5.82 Å². The van der Waals surface area contributed by atoms with E-state index in [1.54, 1.807) is 12.0 Å². The van der Waals surface area contributed by atoms with Crippen LogP contribution in [-0.4, -0.2) is 36.1 Å². The average molecular weight is 446 g/mol. The highest BCUT2D eigenvalue weighted by Gasteiger charge is 2.20. The van der Waals surface area contributed by atoms with Gasteiger partial charge in [-0.05, 0) is 48.4 Å². The number of pyridine rings is 1. The van der Waals surface area contributed by atoms with Gasteiger partial charge in [-0.25, -0.2) is 4.98 Å². The zero-order valence-electron chi connectivity index (χ0n) is 18.8. The van der Waals surface area contributed by atoms with Crippen LogP contribution in [0.2, 0.25) is 0 Å². The molecule has 2 heterocycles. The fraction of sp³-hybridized carbons (Fsp3) is 0.231. The summed E-state index contributed by atoms with van der Waals surface area (Å²) >= 11 is 0. The van der Waals surface area contributed by atoms with Crippen molar-refractivity contribution in [1.82, 2.24) is 9.38 Å². The number of carbonyl (C=O) groups excluding carboxylic acids is 1. The fourth-order valence-electron chi connectivity index (χ4n) is 3.65. The highest BCUT2D eigenvalue weighted by atomic mass is 16.5. The third-order valence-electron chi connectivity index (χ3n) is 5.26. The van der Waals surface area contributed by atoms with Crippen LogP contribution < -0.4 is 19.1 Å². The second-order valence-electron chi connectivity index (χ2n) is 7.39. The van der Waals surface area contributed by atoms with E-state index in [-0.39, 0.29) is 0 Å². The number of aryl methyl sites for hydroxylation is 1. The molecule has 2 aromatic carbocycles. The summed E-state index contributed by atoms with van der Waals surface area (Å²) in [5.74, 6) is 2.96. The number of methoxy groups -OCH3 is 1. The number of benzene rings is 2. The minimum atomic E-state index is 0.376. The van der Waals surface area contributed by atoms with E-state index in [2.05, 4.69) is 0 Å².